The van der Waals surface area contributed by atoms with Crippen LogP contribution in [-0.2, 0) is 16.1 Å². The highest BCUT2D eigenvalue weighted by Gasteiger charge is 2.65. The number of aliphatic hydroxyl groups excluding tert-OH is 2. The number of hydrogen-bond acceptors (Lipinski definition) is 5. The largest absolute Gasteiger partial charge is 0.461 e. The number of aliphatic hydroxyl groups is 2. The molecule has 0 saturated heterocycles. The molecule has 200 valence electrons. The second kappa shape index (κ2) is 10.0. The minimum atomic E-state index is -0.359. The zero-order chi connectivity index (χ0) is 25.7. The van der Waals surface area contributed by atoms with Gasteiger partial charge in [-0.25, -0.2) is 0 Å². The topological polar surface area (TPSA) is 92.8 Å². The lowest BCUT2D eigenvalue weighted by Gasteiger charge is -2.63. The minimum absolute atomic E-state index is 0.146. The highest BCUT2D eigenvalue weighted by atomic mass is 16.5. The van der Waals surface area contributed by atoms with Gasteiger partial charge in [0.05, 0.1) is 12.2 Å². The Morgan fingerprint density at radius 1 is 1.08 bits per heavy atom. The first kappa shape index (κ1) is 26.2. The zero-order valence-corrected chi connectivity index (χ0v) is 22.4. The van der Waals surface area contributed by atoms with Gasteiger partial charge in [0, 0.05) is 12.5 Å². The lowest BCUT2D eigenvalue weighted by atomic mass is 9.43. The molecule has 5 rings (SSSR count). The molecule has 0 bridgehead atoms. The van der Waals surface area contributed by atoms with Gasteiger partial charge in [0.15, 0.2) is 0 Å². The average Bonchev–Trinajstić information content (AvgIpc) is 3.22. The van der Waals surface area contributed by atoms with Gasteiger partial charge in [0.25, 0.3) is 0 Å². The van der Waals surface area contributed by atoms with Crippen molar-refractivity contribution in [2.24, 2.45) is 52.1 Å². The van der Waals surface area contributed by atoms with Gasteiger partial charge < -0.3 is 20.7 Å². The number of benzene rings is 1. The van der Waals surface area contributed by atoms with Crippen LogP contribution in [0.25, 0.3) is 0 Å². The van der Waals surface area contributed by atoms with Crippen LogP contribution in [0, 0.1) is 46.3 Å². The first-order valence-corrected chi connectivity index (χ1v) is 14.5. The third kappa shape index (κ3) is 4.43. The van der Waals surface area contributed by atoms with E-state index in [0.717, 1.165) is 56.9 Å². The summed E-state index contributed by atoms with van der Waals surface area (Å²) < 4.78 is 5.52. The number of hydrogen-bond donors (Lipinski definition) is 3. The number of esters is 1. The maximum Gasteiger partial charge on any atom is 0.306 e. The van der Waals surface area contributed by atoms with Crippen LogP contribution in [0.1, 0.15) is 84.1 Å². The Morgan fingerprint density at radius 3 is 2.58 bits per heavy atom. The lowest BCUT2D eigenvalue weighted by Crippen LogP contribution is -2.62. The molecule has 11 atom stereocenters. The Labute approximate surface area is 217 Å². The summed E-state index contributed by atoms with van der Waals surface area (Å²) in [5.41, 5.74) is 7.31. The Kier molecular flexibility index (Phi) is 7.30. The summed E-state index contributed by atoms with van der Waals surface area (Å²) in [5.74, 6) is 1.98. The van der Waals surface area contributed by atoms with Crippen LogP contribution < -0.4 is 5.73 Å². The fourth-order valence-corrected chi connectivity index (χ4v) is 9.54. The predicted molar refractivity (Wildman–Crippen MR) is 141 cm³/mol. The van der Waals surface area contributed by atoms with Crippen molar-refractivity contribution in [3.63, 3.8) is 0 Å². The number of rotatable bonds is 6. The number of carbonyl (C=O) groups excluding carboxylic acids is 1. The highest BCUT2D eigenvalue weighted by Crippen LogP contribution is 2.68. The van der Waals surface area contributed by atoms with Crippen molar-refractivity contribution in [3.8, 4) is 0 Å². The van der Waals surface area contributed by atoms with Crippen molar-refractivity contribution >= 4 is 5.97 Å². The van der Waals surface area contributed by atoms with Gasteiger partial charge in [0.2, 0.25) is 0 Å². The second-order valence-corrected chi connectivity index (χ2v) is 13.3. The van der Waals surface area contributed by atoms with Crippen molar-refractivity contribution in [3.05, 3.63) is 35.9 Å². The fourth-order valence-electron chi connectivity index (χ4n) is 9.54. The molecule has 0 amide bonds. The van der Waals surface area contributed by atoms with Gasteiger partial charge in [0.1, 0.15) is 6.61 Å². The molecule has 3 unspecified atom stereocenters. The Hall–Kier alpha value is -1.43. The quantitative estimate of drug-likeness (QED) is 0.477. The predicted octanol–water partition coefficient (Wildman–Crippen LogP) is 5.07. The molecule has 0 aromatic heterocycles. The van der Waals surface area contributed by atoms with E-state index in [1.54, 1.807) is 0 Å². The normalized spacial score (nSPS) is 44.7. The van der Waals surface area contributed by atoms with Gasteiger partial charge in [-0.15, -0.1) is 0 Å². The lowest BCUT2D eigenvalue weighted by molar-refractivity contribution is -0.202. The Morgan fingerprint density at radius 2 is 1.83 bits per heavy atom. The molecule has 4 aliphatic rings. The third-order valence-corrected chi connectivity index (χ3v) is 11.6. The van der Waals surface area contributed by atoms with Crippen LogP contribution in [0.3, 0.4) is 0 Å². The summed E-state index contributed by atoms with van der Waals surface area (Å²) in [6, 6.07) is 10.1. The molecule has 1 aromatic carbocycles. The van der Waals surface area contributed by atoms with Crippen molar-refractivity contribution < 1.29 is 19.7 Å². The highest BCUT2D eigenvalue weighted by molar-refractivity contribution is 5.69. The molecule has 5 nitrogen and oxygen atoms in total. The molecule has 0 radical (unpaired) electrons. The van der Waals surface area contributed by atoms with E-state index in [1.165, 1.54) is 0 Å². The molecular formula is C31H47NO4. The van der Waals surface area contributed by atoms with Crippen LogP contribution in [0.5, 0.6) is 0 Å². The van der Waals surface area contributed by atoms with Crippen LogP contribution in [0.2, 0.25) is 0 Å². The van der Waals surface area contributed by atoms with Crippen LogP contribution in [-0.4, -0.2) is 34.4 Å². The van der Waals surface area contributed by atoms with Crippen molar-refractivity contribution in [1.29, 1.82) is 0 Å². The molecule has 36 heavy (non-hydrogen) atoms. The monoisotopic (exact) mass is 497 g/mol. The molecule has 0 heterocycles. The van der Waals surface area contributed by atoms with Gasteiger partial charge >= 0.3 is 5.97 Å². The second-order valence-electron chi connectivity index (χ2n) is 13.3. The molecular weight excluding hydrogens is 450 g/mol. The van der Waals surface area contributed by atoms with E-state index >= 15 is 0 Å². The minimum Gasteiger partial charge on any atom is -0.461 e. The standard InChI is InChI=1S/C31H47NO4/c1-19(9-12-28(35)36-18-20-7-5-4-6-8-20)23-10-11-24-29-25(17-27(34)31(23,24)3)30(2)14-13-22(32)15-21(30)16-26(29)33/h4-8,19,21-27,29,33-34H,9-18,32H2,1-3H3/t19-,21+,22+,23-,24?,25?,26-,27+,29?,30+,31-/m1/s1. The number of fused-ring (bicyclic) bond motifs is 5. The van der Waals surface area contributed by atoms with E-state index in [2.05, 4.69) is 20.8 Å². The van der Waals surface area contributed by atoms with Crippen molar-refractivity contribution in [2.45, 2.75) is 103 Å². The summed E-state index contributed by atoms with van der Waals surface area (Å²) in [5, 5.41) is 23.2. The summed E-state index contributed by atoms with van der Waals surface area (Å²) >= 11 is 0. The smallest absolute Gasteiger partial charge is 0.306 e. The summed E-state index contributed by atoms with van der Waals surface area (Å²) in [6.07, 6.45) is 7.52. The maximum atomic E-state index is 12.5. The first-order chi connectivity index (χ1) is 17.1. The molecule has 4 saturated carbocycles. The summed E-state index contributed by atoms with van der Waals surface area (Å²) in [4.78, 5) is 12.5. The fraction of sp³-hybridized carbons (Fsp3) is 0.774. The van der Waals surface area contributed by atoms with E-state index in [-0.39, 0.29) is 41.0 Å². The van der Waals surface area contributed by atoms with Crippen molar-refractivity contribution in [2.75, 3.05) is 0 Å². The molecule has 4 fully saturated rings. The van der Waals surface area contributed by atoms with Gasteiger partial charge in [-0.1, -0.05) is 51.1 Å². The van der Waals surface area contributed by atoms with E-state index < -0.39 is 0 Å². The van der Waals surface area contributed by atoms with Crippen LogP contribution in [0.4, 0.5) is 0 Å². The molecule has 4 aliphatic carbocycles. The van der Waals surface area contributed by atoms with Crippen molar-refractivity contribution in [1.82, 2.24) is 0 Å². The molecule has 4 N–H and O–H groups in total. The SMILES string of the molecule is C[C@H](CCC(=O)OCc1ccccc1)[C@H]1CCC2C3C(C[C@H](O)[C@@]21C)[C@@]1(C)CC[C@H](N)C[C@H]1C[C@H]3O. The first-order valence-electron chi connectivity index (χ1n) is 14.5. The van der Waals surface area contributed by atoms with Crippen LogP contribution >= 0.6 is 0 Å². The van der Waals surface area contributed by atoms with Gasteiger partial charge in [-0.2, -0.15) is 0 Å². The number of carbonyl (C=O) groups is 1. The zero-order valence-electron chi connectivity index (χ0n) is 22.4. The number of ether oxygens (including phenoxy) is 1. The van der Waals surface area contributed by atoms with Crippen LogP contribution in [0.15, 0.2) is 30.3 Å². The third-order valence-electron chi connectivity index (χ3n) is 11.6. The molecule has 0 spiro atoms. The Balaban J connectivity index is 1.25. The average molecular weight is 498 g/mol. The van der Waals surface area contributed by atoms with Gasteiger partial charge in [-0.05, 0) is 103 Å². The van der Waals surface area contributed by atoms with E-state index in [0.29, 0.717) is 42.6 Å². The maximum absolute atomic E-state index is 12.5. The van der Waals surface area contributed by atoms with E-state index in [4.69, 9.17) is 10.5 Å². The number of nitrogens with two attached hydrogens (primary N) is 1. The Bertz CT molecular complexity index is 922. The molecule has 5 heteroatoms. The van der Waals surface area contributed by atoms with E-state index in [1.807, 2.05) is 30.3 Å². The summed E-state index contributed by atoms with van der Waals surface area (Å²) in [7, 11) is 0. The summed E-state index contributed by atoms with van der Waals surface area (Å²) in [6.45, 7) is 7.29. The molecule has 1 aromatic rings. The van der Waals surface area contributed by atoms with E-state index in [9.17, 15) is 15.0 Å². The molecule has 0 aliphatic heterocycles. The van der Waals surface area contributed by atoms with Gasteiger partial charge in [-0.3, -0.25) is 4.79 Å².